The zero-order chi connectivity index (χ0) is 19.4. The average molecular weight is 371 g/mol. The van der Waals surface area contributed by atoms with Gasteiger partial charge in [0.1, 0.15) is 0 Å². The number of carbonyl (C=O) groups is 2. The van der Waals surface area contributed by atoms with Crippen LogP contribution in [0, 0.1) is 13.8 Å². The van der Waals surface area contributed by atoms with Crippen LogP contribution in [0.3, 0.4) is 0 Å². The third-order valence-electron chi connectivity index (χ3n) is 4.92. The van der Waals surface area contributed by atoms with Gasteiger partial charge in [-0.15, -0.1) is 0 Å². The van der Waals surface area contributed by atoms with Crippen LogP contribution in [0.1, 0.15) is 46.6 Å². The molecule has 7 heteroatoms. The molecule has 0 saturated carbocycles. The van der Waals surface area contributed by atoms with E-state index in [1.165, 1.54) is 0 Å². The third kappa shape index (κ3) is 4.54. The molecule has 7 nitrogen and oxygen atoms in total. The highest BCUT2D eigenvalue weighted by Gasteiger charge is 2.17. The van der Waals surface area contributed by atoms with Gasteiger partial charge in [0.25, 0.3) is 5.91 Å². The van der Waals surface area contributed by atoms with Crippen molar-refractivity contribution in [3.8, 4) is 5.69 Å². The lowest BCUT2D eigenvalue weighted by Crippen LogP contribution is -2.31. The largest absolute Gasteiger partial charge is 0.481 e. The van der Waals surface area contributed by atoms with E-state index in [1.54, 1.807) is 16.8 Å². The van der Waals surface area contributed by atoms with E-state index < -0.39 is 5.97 Å². The topological polar surface area (TPSA) is 93.5 Å². The lowest BCUT2D eigenvalue weighted by atomic mass is 10.1. The van der Waals surface area contributed by atoms with Gasteiger partial charge in [-0.3, -0.25) is 9.59 Å². The second-order valence-corrected chi connectivity index (χ2v) is 6.85. The molecule has 0 aliphatic carbocycles. The first-order chi connectivity index (χ1) is 13.0. The Hall–Kier alpha value is -2.67. The van der Waals surface area contributed by atoms with Crippen molar-refractivity contribution < 1.29 is 19.4 Å². The van der Waals surface area contributed by atoms with Crippen molar-refractivity contribution in [2.24, 2.45) is 0 Å². The molecule has 0 spiro atoms. The van der Waals surface area contributed by atoms with Gasteiger partial charge in [-0.05, 0) is 62.9 Å². The molecule has 0 unspecified atom stereocenters. The van der Waals surface area contributed by atoms with Crippen LogP contribution in [0.25, 0.3) is 5.69 Å². The molecule has 2 N–H and O–H groups in total. The summed E-state index contributed by atoms with van der Waals surface area (Å²) in [6.45, 7) is 5.12. The Bertz CT molecular complexity index is 820. The van der Waals surface area contributed by atoms with Crippen molar-refractivity contribution in [1.29, 1.82) is 0 Å². The standard InChI is InChI=1S/C20H25N3O4/c1-13-18(9-10-19(24)25)14(2)23(22-13)16-7-5-15(6-8-16)20(26)21-12-17-4-3-11-27-17/h5-8,17H,3-4,9-12H2,1-2H3,(H,21,26)(H,24,25)/t17-/m1/s1. The highest BCUT2D eigenvalue weighted by atomic mass is 16.5. The lowest BCUT2D eigenvalue weighted by Gasteiger charge is -2.11. The first-order valence-electron chi connectivity index (χ1n) is 9.23. The molecule has 1 aromatic carbocycles. The van der Waals surface area contributed by atoms with Crippen LogP contribution in [0.5, 0.6) is 0 Å². The molecule has 1 saturated heterocycles. The van der Waals surface area contributed by atoms with E-state index in [4.69, 9.17) is 9.84 Å². The number of rotatable bonds is 7. The highest BCUT2D eigenvalue weighted by molar-refractivity contribution is 5.94. The molecule has 1 aromatic heterocycles. The zero-order valence-electron chi connectivity index (χ0n) is 15.7. The highest BCUT2D eigenvalue weighted by Crippen LogP contribution is 2.20. The van der Waals surface area contributed by atoms with Crippen molar-refractivity contribution >= 4 is 11.9 Å². The summed E-state index contributed by atoms with van der Waals surface area (Å²) in [5.74, 6) is -0.938. The van der Waals surface area contributed by atoms with Crippen LogP contribution >= 0.6 is 0 Å². The maximum Gasteiger partial charge on any atom is 0.303 e. The summed E-state index contributed by atoms with van der Waals surface area (Å²) in [5.41, 5.74) is 4.13. The zero-order valence-corrected chi connectivity index (χ0v) is 15.7. The number of hydrogen-bond donors (Lipinski definition) is 2. The van der Waals surface area contributed by atoms with Gasteiger partial charge in [0.2, 0.25) is 0 Å². The molecule has 144 valence electrons. The minimum atomic E-state index is -0.820. The van der Waals surface area contributed by atoms with Crippen molar-refractivity contribution in [3.63, 3.8) is 0 Å². The number of nitrogens with one attached hydrogen (secondary N) is 1. The quantitative estimate of drug-likeness (QED) is 0.780. The molecule has 1 aliphatic rings. The van der Waals surface area contributed by atoms with Gasteiger partial charge in [0, 0.05) is 30.8 Å². The lowest BCUT2D eigenvalue weighted by molar-refractivity contribution is -0.136. The molecule has 0 bridgehead atoms. The fraction of sp³-hybridized carbons (Fsp3) is 0.450. The summed E-state index contributed by atoms with van der Waals surface area (Å²) in [6.07, 6.45) is 2.69. The summed E-state index contributed by atoms with van der Waals surface area (Å²) >= 11 is 0. The van der Waals surface area contributed by atoms with Gasteiger partial charge in [-0.1, -0.05) is 0 Å². The van der Waals surface area contributed by atoms with Crippen LogP contribution in [0.4, 0.5) is 0 Å². The molecule has 1 amide bonds. The Kier molecular flexibility index (Phi) is 5.91. The molecule has 2 aromatic rings. The van der Waals surface area contributed by atoms with Gasteiger partial charge in [0.15, 0.2) is 0 Å². The number of amides is 1. The number of carboxylic acid groups (broad SMARTS) is 1. The molecule has 1 atom stereocenters. The van der Waals surface area contributed by atoms with Crippen molar-refractivity contribution in [3.05, 3.63) is 46.8 Å². The maximum absolute atomic E-state index is 12.3. The normalized spacial score (nSPS) is 16.4. The Morgan fingerprint density at radius 1 is 1.30 bits per heavy atom. The fourth-order valence-electron chi connectivity index (χ4n) is 3.39. The number of carbonyl (C=O) groups excluding carboxylic acids is 1. The van der Waals surface area contributed by atoms with Crippen LogP contribution in [-0.4, -0.2) is 46.0 Å². The summed E-state index contributed by atoms with van der Waals surface area (Å²) < 4.78 is 7.31. The Morgan fingerprint density at radius 3 is 2.67 bits per heavy atom. The van der Waals surface area contributed by atoms with Gasteiger partial charge < -0.3 is 15.2 Å². The number of benzene rings is 1. The molecule has 1 fully saturated rings. The maximum atomic E-state index is 12.3. The number of hydrogen-bond acceptors (Lipinski definition) is 4. The van der Waals surface area contributed by atoms with E-state index >= 15 is 0 Å². The van der Waals surface area contributed by atoms with Gasteiger partial charge in [-0.2, -0.15) is 5.10 Å². The summed E-state index contributed by atoms with van der Waals surface area (Å²) in [6, 6.07) is 7.24. The summed E-state index contributed by atoms with van der Waals surface area (Å²) in [5, 5.41) is 16.3. The number of aryl methyl sites for hydroxylation is 1. The second-order valence-electron chi connectivity index (χ2n) is 6.85. The third-order valence-corrected chi connectivity index (χ3v) is 4.92. The number of aliphatic carboxylic acids is 1. The number of carboxylic acids is 1. The van der Waals surface area contributed by atoms with Crippen LogP contribution in [-0.2, 0) is 16.0 Å². The molecule has 2 heterocycles. The van der Waals surface area contributed by atoms with E-state index in [-0.39, 0.29) is 18.4 Å². The first-order valence-corrected chi connectivity index (χ1v) is 9.23. The molecule has 3 rings (SSSR count). The predicted octanol–water partition coefficient (Wildman–Crippen LogP) is 2.42. The Balaban J connectivity index is 1.68. The fourth-order valence-corrected chi connectivity index (χ4v) is 3.39. The van der Waals surface area contributed by atoms with Crippen molar-refractivity contribution in [1.82, 2.24) is 15.1 Å². The monoisotopic (exact) mass is 371 g/mol. The van der Waals surface area contributed by atoms with Crippen LogP contribution < -0.4 is 5.32 Å². The predicted molar refractivity (Wildman–Crippen MR) is 100 cm³/mol. The first kappa shape index (κ1) is 19.1. The van der Waals surface area contributed by atoms with Gasteiger partial charge >= 0.3 is 5.97 Å². The van der Waals surface area contributed by atoms with E-state index in [9.17, 15) is 9.59 Å². The smallest absolute Gasteiger partial charge is 0.303 e. The van der Waals surface area contributed by atoms with Crippen LogP contribution in [0.15, 0.2) is 24.3 Å². The van der Waals surface area contributed by atoms with E-state index in [2.05, 4.69) is 10.4 Å². The minimum Gasteiger partial charge on any atom is -0.481 e. The second kappa shape index (κ2) is 8.35. The van der Waals surface area contributed by atoms with Crippen LogP contribution in [0.2, 0.25) is 0 Å². The Labute approximate surface area is 158 Å². The van der Waals surface area contributed by atoms with Gasteiger partial charge in [0.05, 0.1) is 17.5 Å². The minimum absolute atomic E-state index is 0.0805. The molecule has 27 heavy (non-hydrogen) atoms. The van der Waals surface area contributed by atoms with E-state index in [1.807, 2.05) is 26.0 Å². The molecular weight excluding hydrogens is 346 g/mol. The van der Waals surface area contributed by atoms with E-state index in [0.29, 0.717) is 18.5 Å². The van der Waals surface area contributed by atoms with Crippen molar-refractivity contribution in [2.45, 2.75) is 45.6 Å². The molecule has 1 aliphatic heterocycles. The number of ether oxygens (including phenoxy) is 1. The number of aromatic nitrogens is 2. The number of nitrogens with zero attached hydrogens (tertiary/aromatic N) is 2. The summed E-state index contributed by atoms with van der Waals surface area (Å²) in [4.78, 5) is 23.1. The molecular formula is C20H25N3O4. The SMILES string of the molecule is Cc1nn(-c2ccc(C(=O)NC[C@H]3CCCO3)cc2)c(C)c1CCC(=O)O. The van der Waals surface area contributed by atoms with Crippen molar-refractivity contribution in [2.75, 3.05) is 13.2 Å². The average Bonchev–Trinajstić information content (AvgIpc) is 3.26. The summed E-state index contributed by atoms with van der Waals surface area (Å²) in [7, 11) is 0. The molecule has 0 radical (unpaired) electrons. The van der Waals surface area contributed by atoms with Gasteiger partial charge in [-0.25, -0.2) is 4.68 Å². The Morgan fingerprint density at radius 2 is 2.04 bits per heavy atom. The van der Waals surface area contributed by atoms with E-state index in [0.717, 1.165) is 42.1 Å².